The van der Waals surface area contributed by atoms with Crippen molar-refractivity contribution < 1.29 is 14.8 Å². The second kappa shape index (κ2) is 5.63. The van der Waals surface area contributed by atoms with E-state index in [0.717, 1.165) is 24.5 Å². The topological polar surface area (TPSA) is 50.9 Å². The lowest BCUT2D eigenvalue weighted by Gasteiger charge is -2.21. The van der Waals surface area contributed by atoms with Crippen molar-refractivity contribution in [3.8, 4) is 11.5 Å². The summed E-state index contributed by atoms with van der Waals surface area (Å²) >= 11 is 0. The summed E-state index contributed by atoms with van der Waals surface area (Å²) in [5.74, 6) is 1.81. The quantitative estimate of drug-likeness (QED) is 0.780. The van der Waals surface area contributed by atoms with E-state index in [1.165, 1.54) is 27.7 Å². The van der Waals surface area contributed by atoms with Crippen LogP contribution in [0.3, 0.4) is 0 Å². The van der Waals surface area contributed by atoms with Gasteiger partial charge >= 0.3 is 0 Å². The Morgan fingerprint density at radius 1 is 1.00 bits per heavy atom. The van der Waals surface area contributed by atoms with Crippen molar-refractivity contribution in [1.29, 1.82) is 0 Å². The first-order valence-electron chi connectivity index (χ1n) is 7.96. The zero-order valence-electron chi connectivity index (χ0n) is 13.4. The van der Waals surface area contributed by atoms with Crippen LogP contribution in [0.1, 0.15) is 22.9 Å². The first-order chi connectivity index (χ1) is 11.3. The number of aromatic amines is 1. The highest BCUT2D eigenvalue weighted by Crippen LogP contribution is 2.33. The molecule has 1 aromatic heterocycles. The fraction of sp³-hybridized carbons (Fsp3) is 0.263. The molecular formula is C19H21N2O2+. The van der Waals surface area contributed by atoms with Crippen LogP contribution in [0.2, 0.25) is 0 Å². The summed E-state index contributed by atoms with van der Waals surface area (Å²) in [6.45, 7) is 1.09. The van der Waals surface area contributed by atoms with E-state index in [0.29, 0.717) is 6.04 Å². The van der Waals surface area contributed by atoms with Crippen LogP contribution in [0.4, 0.5) is 0 Å². The molecule has 4 rings (SSSR count). The molecule has 4 heteroatoms. The predicted octanol–water partition coefficient (Wildman–Crippen LogP) is 2.39. The van der Waals surface area contributed by atoms with Gasteiger partial charge in [0.25, 0.3) is 0 Å². The molecule has 1 aliphatic heterocycles. The van der Waals surface area contributed by atoms with Crippen molar-refractivity contribution in [2.45, 2.75) is 12.5 Å². The van der Waals surface area contributed by atoms with E-state index in [9.17, 15) is 0 Å². The number of hydrogen-bond acceptors (Lipinski definition) is 2. The van der Waals surface area contributed by atoms with Crippen LogP contribution in [0.15, 0.2) is 42.5 Å². The van der Waals surface area contributed by atoms with Gasteiger partial charge < -0.3 is 19.8 Å². The van der Waals surface area contributed by atoms with Gasteiger partial charge in [-0.2, -0.15) is 0 Å². The minimum atomic E-state index is 0.308. The predicted molar refractivity (Wildman–Crippen MR) is 90.2 cm³/mol. The molecule has 4 nitrogen and oxygen atoms in total. The molecule has 0 aliphatic carbocycles. The van der Waals surface area contributed by atoms with Gasteiger partial charge in [0.15, 0.2) is 6.04 Å². The van der Waals surface area contributed by atoms with Crippen molar-refractivity contribution in [2.24, 2.45) is 0 Å². The largest absolute Gasteiger partial charge is 0.497 e. The van der Waals surface area contributed by atoms with Crippen LogP contribution in [-0.2, 0) is 6.42 Å². The van der Waals surface area contributed by atoms with E-state index >= 15 is 0 Å². The highest BCUT2D eigenvalue weighted by Gasteiger charge is 2.28. The van der Waals surface area contributed by atoms with Crippen LogP contribution in [0.5, 0.6) is 11.5 Å². The van der Waals surface area contributed by atoms with Crippen molar-refractivity contribution >= 4 is 10.9 Å². The number of nitrogens with two attached hydrogens (primary N) is 1. The number of quaternary nitrogens is 1. The molecule has 0 bridgehead atoms. The maximum absolute atomic E-state index is 5.38. The number of hydrogen-bond donors (Lipinski definition) is 2. The lowest BCUT2D eigenvalue weighted by molar-refractivity contribution is -0.690. The summed E-state index contributed by atoms with van der Waals surface area (Å²) < 4.78 is 10.7. The van der Waals surface area contributed by atoms with E-state index in [4.69, 9.17) is 9.47 Å². The Labute approximate surface area is 135 Å². The highest BCUT2D eigenvalue weighted by atomic mass is 16.5. The van der Waals surface area contributed by atoms with Crippen molar-refractivity contribution in [3.63, 3.8) is 0 Å². The first-order valence-corrected chi connectivity index (χ1v) is 7.96. The maximum Gasteiger partial charge on any atom is 0.153 e. The van der Waals surface area contributed by atoms with Gasteiger partial charge in [-0.15, -0.1) is 0 Å². The summed E-state index contributed by atoms with van der Waals surface area (Å²) in [6, 6.07) is 14.9. The number of aromatic nitrogens is 1. The standard InChI is InChI=1S/C19H20N2O2/c1-22-13-5-3-12(4-6-13)18-19-15(9-10-20-18)16-11-14(23-2)7-8-17(16)21-19/h3-8,11,18,20-21H,9-10H2,1-2H3/p+1. The van der Waals surface area contributed by atoms with Gasteiger partial charge in [0, 0.05) is 22.9 Å². The molecule has 1 atom stereocenters. The van der Waals surface area contributed by atoms with E-state index in [-0.39, 0.29) is 0 Å². The molecule has 23 heavy (non-hydrogen) atoms. The maximum atomic E-state index is 5.38. The van der Waals surface area contributed by atoms with E-state index in [1.807, 2.05) is 18.2 Å². The fourth-order valence-electron chi connectivity index (χ4n) is 3.54. The molecule has 0 saturated carbocycles. The van der Waals surface area contributed by atoms with Gasteiger partial charge in [-0.1, -0.05) is 0 Å². The van der Waals surface area contributed by atoms with Gasteiger partial charge in [0.05, 0.1) is 26.5 Å². The zero-order chi connectivity index (χ0) is 15.8. The van der Waals surface area contributed by atoms with Gasteiger partial charge in [0.1, 0.15) is 11.5 Å². The normalized spacial score (nSPS) is 17.0. The average molecular weight is 309 g/mol. The minimum Gasteiger partial charge on any atom is -0.497 e. The van der Waals surface area contributed by atoms with E-state index < -0.39 is 0 Å². The third kappa shape index (κ3) is 2.35. The van der Waals surface area contributed by atoms with Crippen molar-refractivity contribution in [1.82, 2.24) is 4.98 Å². The molecule has 0 saturated heterocycles. The van der Waals surface area contributed by atoms with Gasteiger partial charge in [-0.25, -0.2) is 0 Å². The van der Waals surface area contributed by atoms with Gasteiger partial charge in [-0.05, 0) is 48.0 Å². The van der Waals surface area contributed by atoms with E-state index in [1.54, 1.807) is 14.2 Å². The number of ether oxygens (including phenoxy) is 2. The van der Waals surface area contributed by atoms with Crippen molar-refractivity contribution in [3.05, 3.63) is 59.3 Å². The fourth-order valence-corrected chi connectivity index (χ4v) is 3.54. The lowest BCUT2D eigenvalue weighted by Crippen LogP contribution is -2.87. The molecule has 3 N–H and O–H groups in total. The summed E-state index contributed by atoms with van der Waals surface area (Å²) in [6.07, 6.45) is 1.08. The minimum absolute atomic E-state index is 0.308. The van der Waals surface area contributed by atoms with E-state index in [2.05, 4.69) is 34.6 Å². The Morgan fingerprint density at radius 2 is 1.74 bits per heavy atom. The third-order valence-electron chi connectivity index (χ3n) is 4.73. The molecule has 0 radical (unpaired) electrons. The number of fused-ring (bicyclic) bond motifs is 3. The Hall–Kier alpha value is -2.46. The van der Waals surface area contributed by atoms with Crippen LogP contribution in [-0.4, -0.2) is 25.7 Å². The lowest BCUT2D eigenvalue weighted by atomic mass is 9.94. The molecule has 2 aromatic carbocycles. The van der Waals surface area contributed by atoms with Crippen LogP contribution in [0, 0.1) is 0 Å². The molecule has 0 amide bonds. The third-order valence-corrected chi connectivity index (χ3v) is 4.73. The molecule has 0 spiro atoms. The Kier molecular flexibility index (Phi) is 3.46. The molecule has 3 aromatic rings. The Bertz CT molecular complexity index is 836. The number of H-pyrrole nitrogens is 1. The number of methoxy groups -OCH3 is 2. The summed E-state index contributed by atoms with van der Waals surface area (Å²) in [5, 5.41) is 3.68. The average Bonchev–Trinajstić information content (AvgIpc) is 2.99. The van der Waals surface area contributed by atoms with Crippen LogP contribution >= 0.6 is 0 Å². The number of rotatable bonds is 3. The number of benzene rings is 2. The van der Waals surface area contributed by atoms with Crippen LogP contribution in [0.25, 0.3) is 10.9 Å². The Morgan fingerprint density at radius 3 is 2.48 bits per heavy atom. The molecule has 1 aliphatic rings. The monoisotopic (exact) mass is 309 g/mol. The summed E-state index contributed by atoms with van der Waals surface area (Å²) in [7, 11) is 3.42. The highest BCUT2D eigenvalue weighted by molar-refractivity contribution is 5.86. The summed E-state index contributed by atoms with van der Waals surface area (Å²) in [5.41, 5.74) is 5.21. The zero-order valence-corrected chi connectivity index (χ0v) is 13.4. The summed E-state index contributed by atoms with van der Waals surface area (Å²) in [4.78, 5) is 3.63. The van der Waals surface area contributed by atoms with Crippen LogP contribution < -0.4 is 14.8 Å². The van der Waals surface area contributed by atoms with Gasteiger partial charge in [0.2, 0.25) is 0 Å². The molecular weight excluding hydrogens is 288 g/mol. The first kappa shape index (κ1) is 14.2. The Balaban J connectivity index is 1.81. The molecule has 118 valence electrons. The van der Waals surface area contributed by atoms with Crippen molar-refractivity contribution in [2.75, 3.05) is 20.8 Å². The second-order valence-corrected chi connectivity index (χ2v) is 5.95. The molecule has 1 unspecified atom stereocenters. The van der Waals surface area contributed by atoms with Gasteiger partial charge in [-0.3, -0.25) is 0 Å². The SMILES string of the molecule is COc1ccc(C2[NH2+]CCc3c2[nH]c2ccc(OC)cc32)cc1. The number of nitrogens with one attached hydrogen (secondary N) is 1. The molecule has 0 fully saturated rings. The second-order valence-electron chi connectivity index (χ2n) is 5.95. The molecule has 2 heterocycles. The smallest absolute Gasteiger partial charge is 0.153 e.